The lowest BCUT2D eigenvalue weighted by Gasteiger charge is -2.39. The zero-order valence-corrected chi connectivity index (χ0v) is 14.1. The van der Waals surface area contributed by atoms with E-state index in [1.807, 2.05) is 0 Å². The smallest absolute Gasteiger partial charge is 0.222 e. The lowest BCUT2D eigenvalue weighted by atomic mass is 10.0. The van der Waals surface area contributed by atoms with Gasteiger partial charge in [0.05, 0.1) is 4.47 Å². The van der Waals surface area contributed by atoms with Gasteiger partial charge in [-0.1, -0.05) is 13.8 Å². The first-order chi connectivity index (χ1) is 9.56. The second-order valence-corrected chi connectivity index (χ2v) is 6.67. The molecule has 6 heteroatoms. The first-order valence-electron chi connectivity index (χ1n) is 7.20. The number of hydrogen-bond acceptors (Lipinski definition) is 5. The van der Waals surface area contributed by atoms with Crippen molar-refractivity contribution in [2.45, 2.75) is 19.9 Å². The van der Waals surface area contributed by atoms with Gasteiger partial charge in [0, 0.05) is 51.2 Å². The number of likely N-dealkylation sites (N-methyl/N-ethyl adjacent to an activating group) is 1. The summed E-state index contributed by atoms with van der Waals surface area (Å²) in [6, 6.07) is 0.524. The molecule has 0 radical (unpaired) electrons. The molecule has 1 aliphatic rings. The van der Waals surface area contributed by atoms with Crippen molar-refractivity contribution < 1.29 is 0 Å². The Bertz CT molecular complexity index is 401. The maximum atomic E-state index is 4.27. The van der Waals surface area contributed by atoms with E-state index in [2.05, 4.69) is 61.9 Å². The van der Waals surface area contributed by atoms with Crippen LogP contribution in [0.15, 0.2) is 16.9 Å². The van der Waals surface area contributed by atoms with Gasteiger partial charge in [-0.25, -0.2) is 9.97 Å². The standard InChI is InChI=1S/C14H24BrN5/c1-11(2)13(20-6-4-19(3)5-7-20)10-18-14-16-8-12(15)9-17-14/h8-9,11,13H,4-7,10H2,1-3H3,(H,16,17,18). The van der Waals surface area contributed by atoms with Crippen molar-refractivity contribution in [1.82, 2.24) is 19.8 Å². The highest BCUT2D eigenvalue weighted by Gasteiger charge is 2.24. The van der Waals surface area contributed by atoms with Crippen LogP contribution in [0.5, 0.6) is 0 Å². The van der Waals surface area contributed by atoms with Crippen LogP contribution in [0.1, 0.15) is 13.8 Å². The van der Waals surface area contributed by atoms with Crippen LogP contribution in [0.25, 0.3) is 0 Å². The minimum absolute atomic E-state index is 0.524. The minimum Gasteiger partial charge on any atom is -0.353 e. The number of piperazine rings is 1. The molecule has 2 rings (SSSR count). The number of hydrogen-bond donors (Lipinski definition) is 1. The summed E-state index contributed by atoms with van der Waals surface area (Å²) in [5.74, 6) is 1.31. The van der Waals surface area contributed by atoms with Gasteiger partial charge in [-0.05, 0) is 28.9 Å². The van der Waals surface area contributed by atoms with Crippen LogP contribution in [-0.4, -0.2) is 65.6 Å². The maximum absolute atomic E-state index is 4.27. The molecule has 0 aromatic carbocycles. The Labute approximate surface area is 129 Å². The molecule has 1 aliphatic heterocycles. The summed E-state index contributed by atoms with van der Waals surface area (Å²) in [4.78, 5) is 13.5. The van der Waals surface area contributed by atoms with Crippen LogP contribution in [0.2, 0.25) is 0 Å². The fraction of sp³-hybridized carbons (Fsp3) is 0.714. The molecule has 0 spiro atoms. The van der Waals surface area contributed by atoms with Crippen LogP contribution < -0.4 is 5.32 Å². The van der Waals surface area contributed by atoms with Crippen LogP contribution in [0.3, 0.4) is 0 Å². The average molecular weight is 342 g/mol. The van der Waals surface area contributed by atoms with Gasteiger partial charge in [0.2, 0.25) is 5.95 Å². The Kier molecular flexibility index (Phi) is 5.74. The molecule has 0 saturated carbocycles. The third-order valence-electron chi connectivity index (χ3n) is 3.87. The lowest BCUT2D eigenvalue weighted by Crippen LogP contribution is -2.52. The fourth-order valence-electron chi connectivity index (χ4n) is 2.54. The van der Waals surface area contributed by atoms with Crippen molar-refractivity contribution in [2.75, 3.05) is 45.1 Å². The third-order valence-corrected chi connectivity index (χ3v) is 4.28. The highest BCUT2D eigenvalue weighted by atomic mass is 79.9. The predicted octanol–water partition coefficient (Wildman–Crippen LogP) is 1.92. The SMILES string of the molecule is CC(C)C(CNc1ncc(Br)cn1)N1CCN(C)CC1. The van der Waals surface area contributed by atoms with Crippen LogP contribution in [0.4, 0.5) is 5.95 Å². The average Bonchev–Trinajstić information content (AvgIpc) is 2.43. The molecule has 1 aromatic rings. The molecule has 2 heterocycles. The number of anilines is 1. The Balaban J connectivity index is 1.90. The van der Waals surface area contributed by atoms with Gasteiger partial charge >= 0.3 is 0 Å². The summed E-state index contributed by atoms with van der Waals surface area (Å²) in [7, 11) is 2.19. The molecule has 1 atom stereocenters. The van der Waals surface area contributed by atoms with E-state index < -0.39 is 0 Å². The summed E-state index contributed by atoms with van der Waals surface area (Å²) < 4.78 is 0.905. The first-order valence-corrected chi connectivity index (χ1v) is 7.99. The number of nitrogens with one attached hydrogen (secondary N) is 1. The van der Waals surface area contributed by atoms with E-state index in [0.29, 0.717) is 17.9 Å². The molecule has 1 fully saturated rings. The fourth-order valence-corrected chi connectivity index (χ4v) is 2.74. The Morgan fingerprint density at radius 1 is 1.20 bits per heavy atom. The molecule has 0 amide bonds. The molecule has 1 aromatic heterocycles. The Morgan fingerprint density at radius 3 is 2.35 bits per heavy atom. The molecule has 1 N–H and O–H groups in total. The van der Waals surface area contributed by atoms with E-state index in [-0.39, 0.29) is 0 Å². The number of halogens is 1. The summed E-state index contributed by atoms with van der Waals surface area (Å²) in [5.41, 5.74) is 0. The highest BCUT2D eigenvalue weighted by Crippen LogP contribution is 2.14. The van der Waals surface area contributed by atoms with Gasteiger partial charge in [0.25, 0.3) is 0 Å². The van der Waals surface area contributed by atoms with Gasteiger partial charge in [0.1, 0.15) is 0 Å². The van der Waals surface area contributed by atoms with Crippen LogP contribution in [0, 0.1) is 5.92 Å². The molecular formula is C14H24BrN5. The highest BCUT2D eigenvalue weighted by molar-refractivity contribution is 9.10. The van der Waals surface area contributed by atoms with E-state index in [0.717, 1.165) is 37.2 Å². The number of nitrogens with zero attached hydrogens (tertiary/aromatic N) is 4. The largest absolute Gasteiger partial charge is 0.353 e. The third kappa shape index (κ3) is 4.40. The second kappa shape index (κ2) is 7.33. The first kappa shape index (κ1) is 15.7. The normalized spacial score (nSPS) is 19.2. The van der Waals surface area contributed by atoms with Gasteiger partial charge in [-0.2, -0.15) is 0 Å². The monoisotopic (exact) mass is 341 g/mol. The van der Waals surface area contributed by atoms with Crippen molar-refractivity contribution in [2.24, 2.45) is 5.92 Å². The van der Waals surface area contributed by atoms with Crippen molar-refractivity contribution in [1.29, 1.82) is 0 Å². The molecule has 1 unspecified atom stereocenters. The van der Waals surface area contributed by atoms with E-state index in [4.69, 9.17) is 0 Å². The zero-order valence-electron chi connectivity index (χ0n) is 12.5. The van der Waals surface area contributed by atoms with Crippen molar-refractivity contribution in [3.63, 3.8) is 0 Å². The molecule has 5 nitrogen and oxygen atoms in total. The Hall–Kier alpha value is -0.720. The van der Waals surface area contributed by atoms with E-state index >= 15 is 0 Å². The predicted molar refractivity (Wildman–Crippen MR) is 85.9 cm³/mol. The molecule has 112 valence electrons. The molecule has 0 aliphatic carbocycles. The van der Waals surface area contributed by atoms with Gasteiger partial charge < -0.3 is 10.2 Å². The van der Waals surface area contributed by atoms with Crippen LogP contribution >= 0.6 is 15.9 Å². The van der Waals surface area contributed by atoms with E-state index in [1.165, 1.54) is 0 Å². The molecule has 20 heavy (non-hydrogen) atoms. The number of rotatable bonds is 5. The molecule has 0 bridgehead atoms. The van der Waals surface area contributed by atoms with E-state index in [9.17, 15) is 0 Å². The van der Waals surface area contributed by atoms with Crippen molar-refractivity contribution in [3.05, 3.63) is 16.9 Å². The van der Waals surface area contributed by atoms with Crippen LogP contribution in [-0.2, 0) is 0 Å². The molecular weight excluding hydrogens is 318 g/mol. The van der Waals surface area contributed by atoms with Gasteiger partial charge in [-0.3, -0.25) is 4.90 Å². The Morgan fingerprint density at radius 2 is 1.80 bits per heavy atom. The quantitative estimate of drug-likeness (QED) is 0.886. The minimum atomic E-state index is 0.524. The van der Waals surface area contributed by atoms with Crippen molar-refractivity contribution >= 4 is 21.9 Å². The topological polar surface area (TPSA) is 44.3 Å². The summed E-state index contributed by atoms with van der Waals surface area (Å²) in [5, 5.41) is 3.36. The number of aromatic nitrogens is 2. The lowest BCUT2D eigenvalue weighted by molar-refractivity contribution is 0.0943. The van der Waals surface area contributed by atoms with E-state index in [1.54, 1.807) is 12.4 Å². The summed E-state index contributed by atoms with van der Waals surface area (Å²) in [6.07, 6.45) is 3.55. The van der Waals surface area contributed by atoms with Crippen molar-refractivity contribution in [3.8, 4) is 0 Å². The van der Waals surface area contributed by atoms with Gasteiger partial charge in [-0.15, -0.1) is 0 Å². The maximum Gasteiger partial charge on any atom is 0.222 e. The summed E-state index contributed by atoms with van der Waals surface area (Å²) in [6.45, 7) is 10.0. The molecule has 1 saturated heterocycles. The zero-order chi connectivity index (χ0) is 14.5. The second-order valence-electron chi connectivity index (χ2n) is 5.76. The van der Waals surface area contributed by atoms with Gasteiger partial charge in [0.15, 0.2) is 0 Å². The summed E-state index contributed by atoms with van der Waals surface area (Å²) >= 11 is 3.35.